The first-order valence-electron chi connectivity index (χ1n) is 8.28. The zero-order valence-corrected chi connectivity index (χ0v) is 17.3. The first kappa shape index (κ1) is 18.3. The molecule has 136 valence electrons. The molecule has 2 N–H and O–H groups in total. The van der Waals surface area contributed by atoms with Crippen molar-refractivity contribution < 1.29 is 0 Å². The van der Waals surface area contributed by atoms with Crippen LogP contribution < -0.4 is 10.6 Å². The number of nitrogens with zero attached hydrogens (tertiary/aromatic N) is 3. The van der Waals surface area contributed by atoms with Gasteiger partial charge in [0.1, 0.15) is 5.82 Å². The summed E-state index contributed by atoms with van der Waals surface area (Å²) in [6.45, 7) is 1.28. The smallest absolute Gasteiger partial charge is 0.221 e. The Labute approximate surface area is 175 Å². The molecule has 0 bridgehead atoms. The maximum atomic E-state index is 6.44. The van der Waals surface area contributed by atoms with E-state index in [0.29, 0.717) is 23.1 Å². The van der Waals surface area contributed by atoms with Gasteiger partial charge in [-0.1, -0.05) is 57.3 Å². The van der Waals surface area contributed by atoms with Crippen molar-refractivity contribution in [1.82, 2.24) is 9.97 Å². The Hall–Kier alpha value is -2.08. The summed E-state index contributed by atoms with van der Waals surface area (Å²) in [5.74, 6) is 1.05. The molecule has 2 aromatic carbocycles. The van der Waals surface area contributed by atoms with E-state index in [2.05, 4.69) is 42.9 Å². The topological polar surface area (TPSA) is 55.0 Å². The van der Waals surface area contributed by atoms with Gasteiger partial charge < -0.3 is 10.6 Å². The number of nitrogens with two attached hydrogens (primary N) is 1. The lowest BCUT2D eigenvalue weighted by atomic mass is 9.99. The Morgan fingerprint density at radius 3 is 2.59 bits per heavy atom. The van der Waals surface area contributed by atoms with E-state index >= 15 is 0 Å². The van der Waals surface area contributed by atoms with E-state index in [1.165, 1.54) is 0 Å². The van der Waals surface area contributed by atoms with Gasteiger partial charge in [0, 0.05) is 44.9 Å². The van der Waals surface area contributed by atoms with Crippen LogP contribution in [0.15, 0.2) is 53.1 Å². The number of aromatic nitrogens is 2. The molecule has 0 amide bonds. The van der Waals surface area contributed by atoms with Crippen LogP contribution in [0.5, 0.6) is 0 Å². The minimum Gasteiger partial charge on any atom is -0.368 e. The van der Waals surface area contributed by atoms with Gasteiger partial charge in [-0.2, -0.15) is 4.98 Å². The van der Waals surface area contributed by atoms with Gasteiger partial charge in [-0.15, -0.1) is 0 Å². The highest BCUT2D eigenvalue weighted by Crippen LogP contribution is 2.38. The van der Waals surface area contributed by atoms with Gasteiger partial charge in [0.15, 0.2) is 0 Å². The van der Waals surface area contributed by atoms with E-state index in [-0.39, 0.29) is 5.95 Å². The summed E-state index contributed by atoms with van der Waals surface area (Å²) in [4.78, 5) is 10.8. The van der Waals surface area contributed by atoms with Crippen molar-refractivity contribution in [2.45, 2.75) is 6.54 Å². The molecular weight excluding hydrogens is 447 g/mol. The second-order valence-electron chi connectivity index (χ2n) is 6.26. The molecule has 27 heavy (non-hydrogen) atoms. The van der Waals surface area contributed by atoms with Crippen molar-refractivity contribution in [2.75, 3.05) is 17.2 Å². The van der Waals surface area contributed by atoms with Crippen LogP contribution in [0.3, 0.4) is 0 Å². The highest BCUT2D eigenvalue weighted by Gasteiger charge is 2.23. The molecule has 1 aliphatic rings. The predicted octanol–water partition coefficient (Wildman–Crippen LogP) is 5.69. The van der Waals surface area contributed by atoms with Gasteiger partial charge in [-0.05, 0) is 41.5 Å². The van der Waals surface area contributed by atoms with E-state index in [1.54, 1.807) is 6.20 Å². The number of rotatable bonds is 3. The number of benzene rings is 2. The average Bonchev–Trinajstić information content (AvgIpc) is 2.62. The van der Waals surface area contributed by atoms with Crippen LogP contribution in [0.25, 0.3) is 11.6 Å². The Bertz CT molecular complexity index is 1030. The van der Waals surface area contributed by atoms with Gasteiger partial charge >= 0.3 is 0 Å². The maximum absolute atomic E-state index is 6.44. The molecule has 0 unspecified atom stereocenters. The Morgan fingerprint density at radius 1 is 1.11 bits per heavy atom. The van der Waals surface area contributed by atoms with Crippen LogP contribution in [0.4, 0.5) is 11.8 Å². The minimum atomic E-state index is 0.251. The van der Waals surface area contributed by atoms with Crippen LogP contribution >= 0.6 is 39.1 Å². The van der Waals surface area contributed by atoms with Crippen LogP contribution in [-0.2, 0) is 6.54 Å². The fourth-order valence-corrected chi connectivity index (χ4v) is 4.29. The summed E-state index contributed by atoms with van der Waals surface area (Å²) in [6, 6.07) is 13.7. The zero-order chi connectivity index (χ0) is 19.0. The molecular formula is C20H15BrCl2N4. The van der Waals surface area contributed by atoms with Crippen LogP contribution in [0, 0.1) is 0 Å². The molecule has 1 aromatic heterocycles. The van der Waals surface area contributed by atoms with Crippen molar-refractivity contribution >= 4 is 62.5 Å². The van der Waals surface area contributed by atoms with E-state index in [4.69, 9.17) is 28.9 Å². The number of nitrogen functional groups attached to an aromatic ring is 1. The van der Waals surface area contributed by atoms with Crippen molar-refractivity contribution in [2.24, 2.45) is 0 Å². The summed E-state index contributed by atoms with van der Waals surface area (Å²) in [5, 5.41) is 1.24. The lowest BCUT2D eigenvalue weighted by Gasteiger charge is -2.31. The van der Waals surface area contributed by atoms with Crippen molar-refractivity contribution in [3.63, 3.8) is 0 Å². The van der Waals surface area contributed by atoms with Gasteiger partial charge in [0.05, 0.1) is 0 Å². The largest absolute Gasteiger partial charge is 0.368 e. The summed E-state index contributed by atoms with van der Waals surface area (Å²) >= 11 is 16.4. The first-order valence-corrected chi connectivity index (χ1v) is 9.83. The van der Waals surface area contributed by atoms with Crippen LogP contribution in [-0.4, -0.2) is 16.5 Å². The number of hydrogen-bond donors (Lipinski definition) is 1. The monoisotopic (exact) mass is 460 g/mol. The predicted molar refractivity (Wildman–Crippen MR) is 116 cm³/mol. The highest BCUT2D eigenvalue weighted by atomic mass is 79.9. The molecule has 0 saturated carbocycles. The van der Waals surface area contributed by atoms with E-state index in [9.17, 15) is 0 Å². The molecule has 2 heterocycles. The third-order valence-electron chi connectivity index (χ3n) is 4.35. The van der Waals surface area contributed by atoms with E-state index in [1.807, 2.05) is 36.4 Å². The lowest BCUT2D eigenvalue weighted by Crippen LogP contribution is -2.29. The Morgan fingerprint density at radius 2 is 1.85 bits per heavy atom. The number of anilines is 2. The van der Waals surface area contributed by atoms with Gasteiger partial charge in [-0.25, -0.2) is 4.98 Å². The summed E-state index contributed by atoms with van der Waals surface area (Å²) in [5.41, 5.74) is 9.72. The second-order valence-corrected chi connectivity index (χ2v) is 7.99. The average molecular weight is 462 g/mol. The molecule has 0 fully saturated rings. The number of hydrogen-bond acceptors (Lipinski definition) is 4. The molecule has 3 aromatic rings. The number of fused-ring (bicyclic) bond motifs is 1. The SMILES string of the molecule is Nc1ncc2c(n1)N(Cc1cccc(Br)c1)CC(c1c(Cl)cccc1Cl)=C2. The van der Waals surface area contributed by atoms with Crippen molar-refractivity contribution in [3.8, 4) is 0 Å². The zero-order valence-electron chi connectivity index (χ0n) is 14.2. The van der Waals surface area contributed by atoms with Crippen molar-refractivity contribution in [1.29, 1.82) is 0 Å². The molecule has 0 aliphatic carbocycles. The summed E-state index contributed by atoms with van der Waals surface area (Å²) in [6.07, 6.45) is 3.76. The molecule has 0 atom stereocenters. The standard InChI is InChI=1S/C20H15BrCl2N4/c21-15-4-1-3-12(7-15)10-27-11-14(18-16(22)5-2-6-17(18)23)8-13-9-25-20(24)26-19(13)27/h1-9H,10-11H2,(H2,24,25,26). The van der Waals surface area contributed by atoms with Crippen LogP contribution in [0.1, 0.15) is 16.7 Å². The first-order chi connectivity index (χ1) is 13.0. The third kappa shape index (κ3) is 3.81. The second kappa shape index (κ2) is 7.50. The van der Waals surface area contributed by atoms with E-state index < -0.39 is 0 Å². The molecule has 0 radical (unpaired) electrons. The van der Waals surface area contributed by atoms with Gasteiger partial charge in [0.2, 0.25) is 5.95 Å². The normalized spacial score (nSPS) is 13.3. The highest BCUT2D eigenvalue weighted by molar-refractivity contribution is 9.10. The fourth-order valence-electron chi connectivity index (χ4n) is 3.21. The van der Waals surface area contributed by atoms with E-state index in [0.717, 1.165) is 32.6 Å². The molecule has 4 nitrogen and oxygen atoms in total. The summed E-state index contributed by atoms with van der Waals surface area (Å²) in [7, 11) is 0. The maximum Gasteiger partial charge on any atom is 0.221 e. The molecule has 4 rings (SSSR count). The third-order valence-corrected chi connectivity index (χ3v) is 5.47. The fraction of sp³-hybridized carbons (Fsp3) is 0.100. The van der Waals surface area contributed by atoms with Crippen LogP contribution in [0.2, 0.25) is 10.0 Å². The van der Waals surface area contributed by atoms with Gasteiger partial charge in [0.25, 0.3) is 0 Å². The molecule has 0 spiro atoms. The minimum absolute atomic E-state index is 0.251. The van der Waals surface area contributed by atoms with Gasteiger partial charge in [-0.3, -0.25) is 0 Å². The Balaban J connectivity index is 1.79. The molecule has 7 heteroatoms. The number of halogens is 3. The Kier molecular flexibility index (Phi) is 5.08. The quantitative estimate of drug-likeness (QED) is 0.544. The summed E-state index contributed by atoms with van der Waals surface area (Å²) < 4.78 is 1.03. The molecule has 0 saturated heterocycles. The lowest BCUT2D eigenvalue weighted by molar-refractivity contribution is 0.842. The molecule has 1 aliphatic heterocycles. The van der Waals surface area contributed by atoms with Crippen molar-refractivity contribution in [3.05, 3.63) is 79.9 Å².